The number of aryl methyl sites for hydroxylation is 1. The van der Waals surface area contributed by atoms with Gasteiger partial charge in [-0.2, -0.15) is 0 Å². The number of benzene rings is 4. The zero-order chi connectivity index (χ0) is 37.8. The molecule has 2 N–H and O–H groups in total. The van der Waals surface area contributed by atoms with Crippen molar-refractivity contribution in [1.82, 2.24) is 15.0 Å². The van der Waals surface area contributed by atoms with Crippen LogP contribution in [0.5, 0.6) is 11.5 Å². The molecule has 8 rings (SSSR count). The summed E-state index contributed by atoms with van der Waals surface area (Å²) in [5, 5.41) is 19.0. The number of carbonyl (C=O) groups excluding carboxylic acids is 2. The number of fused-ring (bicyclic) bond motifs is 4. The largest absolute Gasteiger partial charge is 0.454 e. The fourth-order valence-corrected chi connectivity index (χ4v) is 11.3. The van der Waals surface area contributed by atoms with Gasteiger partial charge in [0.2, 0.25) is 0 Å². The van der Waals surface area contributed by atoms with Crippen molar-refractivity contribution in [3.63, 3.8) is 0 Å². The van der Waals surface area contributed by atoms with E-state index in [9.17, 15) is 19.5 Å². The van der Waals surface area contributed by atoms with Gasteiger partial charge < -0.3 is 24.3 Å². The second-order valence-electron chi connectivity index (χ2n) is 14.8. The molecule has 1 fully saturated rings. The van der Waals surface area contributed by atoms with Gasteiger partial charge in [-0.3, -0.25) is 19.2 Å². The number of rotatable bonds is 10. The van der Waals surface area contributed by atoms with E-state index < -0.39 is 25.9 Å². The molecule has 0 radical (unpaired) electrons. The van der Waals surface area contributed by atoms with Gasteiger partial charge in [0.05, 0.1) is 41.3 Å². The second-order valence-corrected chi connectivity index (χ2v) is 18.8. The van der Waals surface area contributed by atoms with E-state index in [0.717, 1.165) is 5.56 Å². The zero-order valence-corrected chi connectivity index (χ0v) is 31.5. The van der Waals surface area contributed by atoms with Crippen LogP contribution in [0.1, 0.15) is 46.4 Å². The molecule has 4 heterocycles. The molecule has 3 aliphatic rings. The highest BCUT2D eigenvalue weighted by molar-refractivity contribution is 6.71. The Morgan fingerprint density at radius 2 is 1.69 bits per heavy atom. The average Bonchev–Trinajstić information content (AvgIpc) is 3.80. The van der Waals surface area contributed by atoms with Gasteiger partial charge in [0.25, 0.3) is 11.8 Å². The van der Waals surface area contributed by atoms with E-state index in [-0.39, 0.29) is 36.4 Å². The van der Waals surface area contributed by atoms with Gasteiger partial charge >= 0.3 is 0 Å². The smallest absolute Gasteiger partial charge is 0.266 e. The maximum absolute atomic E-state index is 14.8. The molecule has 1 saturated heterocycles. The highest BCUT2D eigenvalue weighted by Gasteiger charge is 2.66. The molecule has 1 aromatic heterocycles. The minimum absolute atomic E-state index is 0.111. The molecule has 0 aliphatic carbocycles. The molecule has 0 saturated carbocycles. The highest BCUT2D eigenvalue weighted by Crippen LogP contribution is 2.60. The molecule has 1 spiro atoms. The van der Waals surface area contributed by atoms with Crippen molar-refractivity contribution < 1.29 is 29.0 Å². The molecular formula is C42H43N5O6Si. The van der Waals surface area contributed by atoms with E-state index >= 15 is 0 Å². The lowest BCUT2D eigenvalue weighted by Gasteiger charge is -2.32. The van der Waals surface area contributed by atoms with Crippen LogP contribution in [0, 0.1) is 5.92 Å². The number of aliphatic hydroxyl groups excluding tert-OH is 1. The lowest BCUT2D eigenvalue weighted by Crippen LogP contribution is -2.46. The summed E-state index contributed by atoms with van der Waals surface area (Å²) in [6.07, 6.45) is 3.49. The number of carbonyl (C=O) groups is 2. The number of amides is 2. The Kier molecular flexibility index (Phi) is 9.09. The Morgan fingerprint density at radius 3 is 2.43 bits per heavy atom. The standard InChI is InChI=1S/C42H43N5O6Si/c1-5-22-46-34-20-19-29(47-35-16-10-12-18-37(35)52-36-17-11-9-15-30(36)40(47)49)24-32(34)42(41(46)50)27(2)39(54(3,4)51)38(53-42)21-23-45-25-33(43-44-45)31(26-48)28-13-7-6-8-14-28/h5-20,24-25,27,31,38-39,48,51H,1,21-23,26H2,2-4H3/t27-,31?,38+,39-,42+/m0/s1. The molecule has 5 aromatic rings. The first-order chi connectivity index (χ1) is 26.1. The van der Waals surface area contributed by atoms with E-state index in [0.29, 0.717) is 58.3 Å². The molecule has 54 heavy (non-hydrogen) atoms. The van der Waals surface area contributed by atoms with Gasteiger partial charge in [0, 0.05) is 42.0 Å². The Labute approximate surface area is 315 Å². The van der Waals surface area contributed by atoms with Crippen LogP contribution in [-0.2, 0) is 21.7 Å². The van der Waals surface area contributed by atoms with Crippen molar-refractivity contribution >= 4 is 37.2 Å². The number of aliphatic hydroxyl groups is 1. The number of hydrogen-bond donors (Lipinski definition) is 2. The van der Waals surface area contributed by atoms with Crippen LogP contribution in [0.4, 0.5) is 17.1 Å². The molecule has 11 nitrogen and oxygen atoms in total. The van der Waals surface area contributed by atoms with Crippen LogP contribution in [0.15, 0.2) is 116 Å². The molecule has 3 aliphatic heterocycles. The van der Waals surface area contributed by atoms with Gasteiger partial charge in [-0.25, -0.2) is 0 Å². The maximum atomic E-state index is 14.8. The minimum Gasteiger partial charge on any atom is -0.454 e. The van der Waals surface area contributed by atoms with E-state index in [4.69, 9.17) is 9.47 Å². The number of hydrogen-bond acceptors (Lipinski definition) is 8. The quantitative estimate of drug-likeness (QED) is 0.117. The number of anilines is 3. The summed E-state index contributed by atoms with van der Waals surface area (Å²) in [4.78, 5) is 44.4. The van der Waals surface area contributed by atoms with Crippen molar-refractivity contribution in [3.8, 4) is 11.5 Å². The molecule has 2 amide bonds. The van der Waals surface area contributed by atoms with Crippen molar-refractivity contribution in [2.45, 2.75) is 56.1 Å². The zero-order valence-electron chi connectivity index (χ0n) is 30.5. The van der Waals surface area contributed by atoms with Gasteiger partial charge in [0.15, 0.2) is 19.7 Å². The first kappa shape index (κ1) is 35.6. The number of para-hydroxylation sites is 3. The summed E-state index contributed by atoms with van der Waals surface area (Å²) >= 11 is 0. The van der Waals surface area contributed by atoms with Gasteiger partial charge in [-0.15, -0.1) is 11.7 Å². The lowest BCUT2D eigenvalue weighted by molar-refractivity contribution is -0.145. The molecule has 5 atom stereocenters. The number of ether oxygens (including phenoxy) is 2. The Morgan fingerprint density at radius 1 is 0.963 bits per heavy atom. The predicted molar refractivity (Wildman–Crippen MR) is 208 cm³/mol. The maximum Gasteiger partial charge on any atom is 0.266 e. The van der Waals surface area contributed by atoms with Gasteiger partial charge in [0.1, 0.15) is 5.75 Å². The molecule has 1 unspecified atom stereocenters. The summed E-state index contributed by atoms with van der Waals surface area (Å²) < 4.78 is 15.1. The first-order valence-electron chi connectivity index (χ1n) is 18.3. The lowest BCUT2D eigenvalue weighted by atomic mass is 9.82. The predicted octanol–water partition coefficient (Wildman–Crippen LogP) is 6.91. The van der Waals surface area contributed by atoms with Crippen molar-refractivity contribution in [1.29, 1.82) is 0 Å². The van der Waals surface area contributed by atoms with E-state index in [1.54, 1.807) is 38.8 Å². The molecule has 12 heteroatoms. The molecule has 0 bridgehead atoms. The summed E-state index contributed by atoms with van der Waals surface area (Å²) in [6.45, 7) is 10.3. The summed E-state index contributed by atoms with van der Waals surface area (Å²) in [5.74, 6) is -0.226. The number of aromatic nitrogens is 3. The Bertz CT molecular complexity index is 2240. The topological polar surface area (TPSA) is 130 Å². The monoisotopic (exact) mass is 741 g/mol. The van der Waals surface area contributed by atoms with Crippen molar-refractivity contribution in [2.75, 3.05) is 23.0 Å². The van der Waals surface area contributed by atoms with Crippen LogP contribution < -0.4 is 14.5 Å². The van der Waals surface area contributed by atoms with E-state index in [1.807, 2.05) is 105 Å². The third kappa shape index (κ3) is 5.77. The van der Waals surface area contributed by atoms with E-state index in [2.05, 4.69) is 16.9 Å². The first-order valence-corrected chi connectivity index (χ1v) is 21.3. The SMILES string of the molecule is C=CCN1C(=O)[C@]2(O[C@H](CCn3cc(C(CO)c4ccccc4)nn3)[C@@H]([Si](C)(C)O)[C@@H]2C)c2cc(N3C(=O)c4ccccc4Oc4ccccc43)ccc21. The van der Waals surface area contributed by atoms with Gasteiger partial charge in [-0.1, -0.05) is 72.8 Å². The minimum atomic E-state index is -2.96. The summed E-state index contributed by atoms with van der Waals surface area (Å²) in [7, 11) is -2.96. The number of nitrogens with zero attached hydrogens (tertiary/aromatic N) is 5. The van der Waals surface area contributed by atoms with Crippen LogP contribution in [0.25, 0.3) is 0 Å². The van der Waals surface area contributed by atoms with Crippen LogP contribution in [0.2, 0.25) is 18.6 Å². The Balaban J connectivity index is 1.17. The van der Waals surface area contributed by atoms with Gasteiger partial charge in [-0.05, 0) is 67.5 Å². The molecule has 4 aromatic carbocycles. The van der Waals surface area contributed by atoms with Crippen molar-refractivity contribution in [2.24, 2.45) is 5.92 Å². The molecule has 276 valence electrons. The van der Waals surface area contributed by atoms with Crippen molar-refractivity contribution in [3.05, 3.63) is 138 Å². The third-order valence-corrected chi connectivity index (χ3v) is 13.6. The normalized spacial score (nSPS) is 22.4. The van der Waals surface area contributed by atoms with Crippen LogP contribution in [-0.4, -0.2) is 64.3 Å². The second kappa shape index (κ2) is 13.8. The fraction of sp³-hybridized carbons (Fsp3) is 0.286. The highest BCUT2D eigenvalue weighted by atomic mass is 28.4. The summed E-state index contributed by atoms with van der Waals surface area (Å²) in [5.41, 5.74) is 2.71. The summed E-state index contributed by atoms with van der Waals surface area (Å²) in [6, 6.07) is 29.9. The molecular weight excluding hydrogens is 699 g/mol. The third-order valence-electron chi connectivity index (χ3n) is 11.1. The van der Waals surface area contributed by atoms with Crippen LogP contribution in [0.3, 0.4) is 0 Å². The average molecular weight is 742 g/mol. The van der Waals surface area contributed by atoms with E-state index in [1.165, 1.54) is 0 Å². The fourth-order valence-electron chi connectivity index (χ4n) is 8.75. The van der Waals surface area contributed by atoms with Crippen LogP contribution >= 0.6 is 0 Å². The Hall–Kier alpha value is -5.40.